The first-order chi connectivity index (χ1) is 13.8. The fourth-order valence-corrected chi connectivity index (χ4v) is 3.28. The summed E-state index contributed by atoms with van der Waals surface area (Å²) < 4.78 is 6.80. The largest absolute Gasteiger partial charge is 0.494 e. The van der Waals surface area contributed by atoms with Gasteiger partial charge in [-0.15, -0.1) is 0 Å². The number of ether oxygens (including phenoxy) is 1. The number of carbonyl (C=O) groups excluding carboxylic acids is 1. The number of aromatic hydroxyl groups is 1. The lowest BCUT2D eigenvalue weighted by Crippen LogP contribution is -2.28. The minimum Gasteiger partial charge on any atom is -0.494 e. The minimum absolute atomic E-state index is 0.0260. The highest BCUT2D eigenvalue weighted by Crippen LogP contribution is 2.25. The minimum atomic E-state index is -0.564. The van der Waals surface area contributed by atoms with Crippen LogP contribution in [-0.2, 0) is 6.54 Å². The fourth-order valence-electron chi connectivity index (χ4n) is 3.28. The van der Waals surface area contributed by atoms with Crippen LogP contribution in [-0.4, -0.2) is 22.1 Å². The number of rotatable bonds is 9. The molecule has 0 unspecified atom stereocenters. The molecule has 6 nitrogen and oxygen atoms in total. The van der Waals surface area contributed by atoms with Crippen molar-refractivity contribution in [2.45, 2.75) is 59.9 Å². The lowest BCUT2D eigenvalue weighted by atomic mass is 10.0. The van der Waals surface area contributed by atoms with Gasteiger partial charge in [-0.2, -0.15) is 5.26 Å². The number of nitriles is 1. The van der Waals surface area contributed by atoms with E-state index in [0.717, 1.165) is 35.0 Å². The Hall–Kier alpha value is -3.07. The molecule has 0 spiro atoms. The van der Waals surface area contributed by atoms with Crippen LogP contribution in [0.1, 0.15) is 65.2 Å². The Morgan fingerprint density at radius 2 is 1.90 bits per heavy atom. The molecule has 0 radical (unpaired) electrons. The van der Waals surface area contributed by atoms with Gasteiger partial charge in [0.1, 0.15) is 17.4 Å². The van der Waals surface area contributed by atoms with Crippen molar-refractivity contribution in [1.29, 1.82) is 5.26 Å². The Morgan fingerprint density at radius 1 is 1.17 bits per heavy atom. The van der Waals surface area contributed by atoms with Gasteiger partial charge in [0, 0.05) is 6.54 Å². The highest BCUT2D eigenvalue weighted by molar-refractivity contribution is 6.01. The van der Waals surface area contributed by atoms with Crippen LogP contribution in [0.25, 0.3) is 0 Å². The Morgan fingerprint density at radius 3 is 2.55 bits per heavy atom. The van der Waals surface area contributed by atoms with E-state index < -0.39 is 17.2 Å². The normalized spacial score (nSPS) is 10.6. The molecule has 29 heavy (non-hydrogen) atoms. The van der Waals surface area contributed by atoms with E-state index in [9.17, 15) is 20.0 Å². The van der Waals surface area contributed by atoms with Crippen molar-refractivity contribution in [3.8, 4) is 17.7 Å². The second-order valence-electron chi connectivity index (χ2n) is 7.24. The predicted octanol–water partition coefficient (Wildman–Crippen LogP) is 4.19. The number of pyridine rings is 1. The summed E-state index contributed by atoms with van der Waals surface area (Å²) >= 11 is 0. The first-order valence-corrected chi connectivity index (χ1v) is 9.92. The third-order valence-corrected chi connectivity index (χ3v) is 5.23. The zero-order chi connectivity index (χ0) is 21.6. The smallest absolute Gasteiger partial charge is 0.271 e. The molecule has 1 aromatic carbocycles. The van der Waals surface area contributed by atoms with Crippen LogP contribution >= 0.6 is 0 Å². The standard InChI is InChI=1S/C23H28N2O4/c1-5-6-7-8-12-25-22(27)18(13-24)17(4)21(23(25)28)19(26)14-29-20-11-9-10-15(2)16(20)3/h9-11,28H,5-8,12,14H2,1-4H3. The van der Waals surface area contributed by atoms with Gasteiger partial charge < -0.3 is 9.84 Å². The van der Waals surface area contributed by atoms with Gasteiger partial charge in [-0.05, 0) is 49.9 Å². The number of aromatic nitrogens is 1. The molecule has 6 heteroatoms. The van der Waals surface area contributed by atoms with E-state index in [2.05, 4.69) is 6.92 Å². The molecule has 0 aliphatic carbocycles. The molecule has 1 heterocycles. The summed E-state index contributed by atoms with van der Waals surface area (Å²) in [6.07, 6.45) is 3.64. The lowest BCUT2D eigenvalue weighted by Gasteiger charge is -2.16. The molecule has 0 amide bonds. The van der Waals surface area contributed by atoms with Crippen LogP contribution in [0.2, 0.25) is 0 Å². The fraction of sp³-hybridized carbons (Fsp3) is 0.435. The molecule has 154 valence electrons. The molecule has 0 fully saturated rings. The molecule has 0 aliphatic heterocycles. The van der Waals surface area contributed by atoms with E-state index in [-0.39, 0.29) is 29.8 Å². The third-order valence-electron chi connectivity index (χ3n) is 5.23. The van der Waals surface area contributed by atoms with Gasteiger partial charge in [0.15, 0.2) is 6.61 Å². The number of unbranched alkanes of at least 4 members (excludes halogenated alkanes) is 3. The second kappa shape index (κ2) is 9.92. The van der Waals surface area contributed by atoms with Crippen molar-refractivity contribution < 1.29 is 14.6 Å². The molecule has 0 aliphatic rings. The van der Waals surface area contributed by atoms with Gasteiger partial charge in [0.05, 0.1) is 5.56 Å². The Labute approximate surface area is 171 Å². The third kappa shape index (κ3) is 4.86. The topological polar surface area (TPSA) is 92.3 Å². The molecule has 0 saturated heterocycles. The van der Waals surface area contributed by atoms with E-state index in [1.165, 1.54) is 6.92 Å². The Kier molecular flexibility index (Phi) is 7.60. The van der Waals surface area contributed by atoms with Gasteiger partial charge in [-0.1, -0.05) is 38.3 Å². The highest BCUT2D eigenvalue weighted by atomic mass is 16.5. The summed E-state index contributed by atoms with van der Waals surface area (Å²) in [4.78, 5) is 25.4. The predicted molar refractivity (Wildman–Crippen MR) is 112 cm³/mol. The summed E-state index contributed by atoms with van der Waals surface area (Å²) in [5.74, 6) is -0.277. The van der Waals surface area contributed by atoms with Gasteiger partial charge in [-0.3, -0.25) is 14.2 Å². The van der Waals surface area contributed by atoms with Crippen LogP contribution < -0.4 is 10.3 Å². The molecule has 1 N–H and O–H groups in total. The van der Waals surface area contributed by atoms with Crippen molar-refractivity contribution in [3.63, 3.8) is 0 Å². The zero-order valence-electron chi connectivity index (χ0n) is 17.5. The van der Waals surface area contributed by atoms with Crippen LogP contribution in [0.3, 0.4) is 0 Å². The van der Waals surface area contributed by atoms with E-state index >= 15 is 0 Å². The number of Topliss-reactive ketones (excluding diaryl/α,β-unsaturated/α-hetero) is 1. The monoisotopic (exact) mass is 396 g/mol. The van der Waals surface area contributed by atoms with E-state index in [4.69, 9.17) is 4.74 Å². The SMILES string of the molecule is CCCCCCn1c(O)c(C(=O)COc2cccc(C)c2C)c(C)c(C#N)c1=O. The van der Waals surface area contributed by atoms with Gasteiger partial charge in [-0.25, -0.2) is 0 Å². The Bertz CT molecular complexity index is 999. The maximum absolute atomic E-state index is 12.9. The van der Waals surface area contributed by atoms with E-state index in [1.54, 1.807) is 6.07 Å². The van der Waals surface area contributed by atoms with Crippen molar-refractivity contribution in [1.82, 2.24) is 4.57 Å². The first kappa shape index (κ1) is 22.2. The first-order valence-electron chi connectivity index (χ1n) is 9.92. The molecule has 0 atom stereocenters. The van der Waals surface area contributed by atoms with Crippen molar-refractivity contribution >= 4 is 5.78 Å². The van der Waals surface area contributed by atoms with Crippen molar-refractivity contribution in [2.75, 3.05) is 6.61 Å². The van der Waals surface area contributed by atoms with Crippen LogP contribution in [0.5, 0.6) is 11.6 Å². The second-order valence-corrected chi connectivity index (χ2v) is 7.24. The summed E-state index contributed by atoms with van der Waals surface area (Å²) in [6.45, 7) is 7.41. The Balaban J connectivity index is 2.35. The van der Waals surface area contributed by atoms with E-state index in [0.29, 0.717) is 12.2 Å². The quantitative estimate of drug-likeness (QED) is 0.507. The molecule has 0 saturated carbocycles. The number of carbonyl (C=O) groups is 1. The molecular formula is C23H28N2O4. The van der Waals surface area contributed by atoms with Crippen LogP contribution in [0, 0.1) is 32.1 Å². The molecule has 0 bridgehead atoms. The van der Waals surface area contributed by atoms with Gasteiger partial charge in [0.25, 0.3) is 5.56 Å². The van der Waals surface area contributed by atoms with Crippen molar-refractivity contribution in [2.24, 2.45) is 0 Å². The van der Waals surface area contributed by atoms with Crippen LogP contribution in [0.4, 0.5) is 0 Å². The average Bonchev–Trinajstić information content (AvgIpc) is 2.69. The highest BCUT2D eigenvalue weighted by Gasteiger charge is 2.24. The number of ketones is 1. The summed E-state index contributed by atoms with van der Waals surface area (Å²) in [7, 11) is 0. The molecule has 2 aromatic rings. The van der Waals surface area contributed by atoms with Gasteiger partial charge in [0.2, 0.25) is 11.7 Å². The average molecular weight is 396 g/mol. The zero-order valence-corrected chi connectivity index (χ0v) is 17.5. The number of benzene rings is 1. The number of aryl methyl sites for hydroxylation is 1. The van der Waals surface area contributed by atoms with Crippen molar-refractivity contribution in [3.05, 3.63) is 56.4 Å². The van der Waals surface area contributed by atoms with Crippen LogP contribution in [0.15, 0.2) is 23.0 Å². The maximum atomic E-state index is 12.9. The maximum Gasteiger partial charge on any atom is 0.271 e. The molecule has 1 aromatic heterocycles. The van der Waals surface area contributed by atoms with Gasteiger partial charge >= 0.3 is 0 Å². The molecular weight excluding hydrogens is 368 g/mol. The summed E-state index contributed by atoms with van der Waals surface area (Å²) in [6, 6.07) is 7.45. The lowest BCUT2D eigenvalue weighted by molar-refractivity contribution is 0.0915. The summed E-state index contributed by atoms with van der Waals surface area (Å²) in [5, 5.41) is 20.1. The number of hydrogen-bond acceptors (Lipinski definition) is 5. The van der Waals surface area contributed by atoms with E-state index in [1.807, 2.05) is 32.0 Å². The molecule has 2 rings (SSSR count). The number of nitrogens with zero attached hydrogens (tertiary/aromatic N) is 2. The number of hydrogen-bond donors (Lipinski definition) is 1. The summed E-state index contributed by atoms with van der Waals surface area (Å²) in [5.41, 5.74) is 1.46.